The van der Waals surface area contributed by atoms with Crippen molar-refractivity contribution in [3.05, 3.63) is 35.4 Å². The van der Waals surface area contributed by atoms with Crippen LogP contribution in [0.1, 0.15) is 28.8 Å². The van der Waals surface area contributed by atoms with Gasteiger partial charge in [0.05, 0.1) is 25.2 Å². The van der Waals surface area contributed by atoms with Crippen molar-refractivity contribution in [1.29, 1.82) is 0 Å². The Morgan fingerprint density at radius 2 is 2.12 bits per heavy atom. The van der Waals surface area contributed by atoms with E-state index in [9.17, 15) is 15.0 Å². The van der Waals surface area contributed by atoms with Crippen molar-refractivity contribution in [3.63, 3.8) is 0 Å². The van der Waals surface area contributed by atoms with E-state index in [1.165, 1.54) is 4.90 Å². The van der Waals surface area contributed by atoms with Gasteiger partial charge in [-0.1, -0.05) is 18.2 Å². The Morgan fingerprint density at radius 3 is 2.76 bits per heavy atom. The Labute approximate surface area is 100 Å². The van der Waals surface area contributed by atoms with Crippen LogP contribution in [0.2, 0.25) is 0 Å². The molecule has 1 aliphatic rings. The number of aliphatic hydroxyl groups excluding tert-OH is 1. The minimum absolute atomic E-state index is 0.159. The number of carboxylic acids is 1. The van der Waals surface area contributed by atoms with Gasteiger partial charge >= 0.3 is 0 Å². The number of nitrogens with one attached hydrogen (secondary N) is 1. The van der Waals surface area contributed by atoms with E-state index in [1.807, 2.05) is 6.07 Å². The number of aromatic carboxylic acids is 1. The molecule has 0 saturated carbocycles. The molecule has 0 bridgehead atoms. The van der Waals surface area contributed by atoms with Gasteiger partial charge < -0.3 is 19.9 Å². The van der Waals surface area contributed by atoms with Gasteiger partial charge in [0, 0.05) is 18.4 Å². The highest BCUT2D eigenvalue weighted by molar-refractivity contribution is 5.85. The monoisotopic (exact) mass is 235 g/mol. The smallest absolute Gasteiger partial charge is 0.103 e. The lowest BCUT2D eigenvalue weighted by atomic mass is 10.1. The fourth-order valence-electron chi connectivity index (χ4n) is 2.28. The van der Waals surface area contributed by atoms with Crippen molar-refractivity contribution >= 4 is 5.97 Å². The van der Waals surface area contributed by atoms with Crippen molar-refractivity contribution in [2.45, 2.75) is 25.5 Å². The molecule has 0 unspecified atom stereocenters. The fourth-order valence-corrected chi connectivity index (χ4v) is 2.28. The summed E-state index contributed by atoms with van der Waals surface area (Å²) in [5.74, 6) is -1.13. The molecule has 2 rings (SSSR count). The molecule has 0 radical (unpaired) electrons. The van der Waals surface area contributed by atoms with E-state index in [2.05, 4.69) is 0 Å². The highest BCUT2D eigenvalue weighted by Crippen LogP contribution is 2.04. The largest absolute Gasteiger partial charge is 0.545 e. The fraction of sp³-hybridized carbons (Fsp3) is 0.462. The number of likely N-dealkylation sites (tertiary alicyclic amines) is 1. The summed E-state index contributed by atoms with van der Waals surface area (Å²) in [5.41, 5.74) is 1.25. The Balaban J connectivity index is 1.98. The summed E-state index contributed by atoms with van der Waals surface area (Å²) in [5, 5.41) is 20.1. The molecular formula is C13H17NO3. The first-order valence-electron chi connectivity index (χ1n) is 5.97. The van der Waals surface area contributed by atoms with E-state index in [4.69, 9.17) is 0 Å². The van der Waals surface area contributed by atoms with Crippen LogP contribution in [0.5, 0.6) is 0 Å². The van der Waals surface area contributed by atoms with Crippen LogP contribution < -0.4 is 10.0 Å². The van der Waals surface area contributed by atoms with Crippen LogP contribution >= 0.6 is 0 Å². The Morgan fingerprint density at radius 1 is 1.41 bits per heavy atom. The Kier molecular flexibility index (Phi) is 3.76. The Hall–Kier alpha value is -1.39. The summed E-state index contributed by atoms with van der Waals surface area (Å²) >= 11 is 0. The van der Waals surface area contributed by atoms with E-state index in [0.717, 1.165) is 38.0 Å². The van der Waals surface area contributed by atoms with Gasteiger partial charge in [-0.3, -0.25) is 0 Å². The molecular weight excluding hydrogens is 218 g/mol. The normalized spacial score (nSPS) is 24.5. The number of hydrogen-bond donors (Lipinski definition) is 2. The first-order chi connectivity index (χ1) is 8.15. The van der Waals surface area contributed by atoms with Gasteiger partial charge in [0.2, 0.25) is 0 Å². The van der Waals surface area contributed by atoms with E-state index in [-0.39, 0.29) is 11.7 Å². The van der Waals surface area contributed by atoms with Crippen molar-refractivity contribution in [1.82, 2.24) is 0 Å². The molecule has 1 aliphatic heterocycles. The van der Waals surface area contributed by atoms with Gasteiger partial charge in [-0.25, -0.2) is 0 Å². The summed E-state index contributed by atoms with van der Waals surface area (Å²) < 4.78 is 0. The lowest BCUT2D eigenvalue weighted by Gasteiger charge is -2.26. The van der Waals surface area contributed by atoms with Crippen LogP contribution in [-0.4, -0.2) is 30.3 Å². The minimum Gasteiger partial charge on any atom is -0.545 e. The highest BCUT2D eigenvalue weighted by atomic mass is 16.4. The quantitative estimate of drug-likeness (QED) is 0.676. The SMILES string of the molecule is O=C([O-])c1cccc(C[NH+]2CCC(O)CC2)c1. The third-order valence-electron chi connectivity index (χ3n) is 3.28. The molecule has 1 heterocycles. The van der Waals surface area contributed by atoms with Crippen LogP contribution in [0.4, 0.5) is 0 Å². The number of aliphatic hydroxyl groups is 1. The minimum atomic E-state index is -1.13. The second kappa shape index (κ2) is 5.29. The van der Waals surface area contributed by atoms with Crippen molar-refractivity contribution in [3.8, 4) is 0 Å². The number of quaternary nitrogens is 1. The van der Waals surface area contributed by atoms with Gasteiger partial charge in [-0.05, 0) is 11.6 Å². The predicted molar refractivity (Wildman–Crippen MR) is 60.4 cm³/mol. The van der Waals surface area contributed by atoms with Crippen molar-refractivity contribution in [2.75, 3.05) is 13.1 Å². The number of carbonyl (C=O) groups excluding carboxylic acids is 1. The lowest BCUT2D eigenvalue weighted by molar-refractivity contribution is -0.919. The molecule has 1 aromatic carbocycles. The second-order valence-electron chi connectivity index (χ2n) is 4.65. The third-order valence-corrected chi connectivity index (χ3v) is 3.28. The van der Waals surface area contributed by atoms with Crippen LogP contribution in [0.15, 0.2) is 24.3 Å². The van der Waals surface area contributed by atoms with Gasteiger partial charge in [-0.15, -0.1) is 0 Å². The number of benzene rings is 1. The van der Waals surface area contributed by atoms with Crippen LogP contribution in [0, 0.1) is 0 Å². The van der Waals surface area contributed by atoms with E-state index >= 15 is 0 Å². The number of piperidine rings is 1. The number of carbonyl (C=O) groups is 1. The molecule has 4 heteroatoms. The molecule has 4 nitrogen and oxygen atoms in total. The van der Waals surface area contributed by atoms with E-state index in [1.54, 1.807) is 18.2 Å². The molecule has 0 atom stereocenters. The van der Waals surface area contributed by atoms with Gasteiger partial charge in [0.1, 0.15) is 6.54 Å². The summed E-state index contributed by atoms with van der Waals surface area (Å²) in [6.45, 7) is 2.70. The maximum atomic E-state index is 10.7. The van der Waals surface area contributed by atoms with E-state index in [0.29, 0.717) is 0 Å². The molecule has 0 amide bonds. The summed E-state index contributed by atoms with van der Waals surface area (Å²) in [7, 11) is 0. The van der Waals surface area contributed by atoms with Crippen LogP contribution in [0.3, 0.4) is 0 Å². The average molecular weight is 235 g/mol. The summed E-state index contributed by atoms with van der Waals surface area (Å²) in [6, 6.07) is 6.91. The molecule has 0 aromatic heterocycles. The van der Waals surface area contributed by atoms with Gasteiger partial charge in [-0.2, -0.15) is 0 Å². The van der Waals surface area contributed by atoms with Crippen LogP contribution in [-0.2, 0) is 6.54 Å². The molecule has 17 heavy (non-hydrogen) atoms. The maximum Gasteiger partial charge on any atom is 0.103 e. The predicted octanol–water partition coefficient (Wildman–Crippen LogP) is -1.41. The first-order valence-corrected chi connectivity index (χ1v) is 5.97. The average Bonchev–Trinajstić information content (AvgIpc) is 2.32. The third kappa shape index (κ3) is 3.28. The molecule has 2 N–H and O–H groups in total. The standard InChI is InChI=1S/C13H17NO3/c15-12-4-6-14(7-5-12)9-10-2-1-3-11(8-10)13(16)17/h1-3,8,12,15H,4-7,9H2,(H,16,17). The van der Waals surface area contributed by atoms with Gasteiger partial charge in [0.25, 0.3) is 0 Å². The first kappa shape index (κ1) is 12.1. The lowest BCUT2D eigenvalue weighted by Crippen LogP contribution is -3.12. The van der Waals surface area contributed by atoms with Crippen molar-refractivity contribution in [2.24, 2.45) is 0 Å². The zero-order chi connectivity index (χ0) is 12.3. The molecule has 1 fully saturated rings. The van der Waals surface area contributed by atoms with E-state index < -0.39 is 5.97 Å². The second-order valence-corrected chi connectivity index (χ2v) is 4.65. The van der Waals surface area contributed by atoms with Crippen LogP contribution in [0.25, 0.3) is 0 Å². The summed E-state index contributed by atoms with van der Waals surface area (Å²) in [4.78, 5) is 12.1. The summed E-state index contributed by atoms with van der Waals surface area (Å²) in [6.07, 6.45) is 1.50. The molecule has 0 spiro atoms. The molecule has 92 valence electrons. The zero-order valence-corrected chi connectivity index (χ0v) is 9.69. The van der Waals surface area contributed by atoms with Crippen molar-refractivity contribution < 1.29 is 19.9 Å². The van der Waals surface area contributed by atoms with Gasteiger partial charge in [0.15, 0.2) is 0 Å². The Bertz CT molecular complexity index is 397. The number of carboxylic acid groups (broad SMARTS) is 1. The molecule has 0 aliphatic carbocycles. The number of rotatable bonds is 3. The zero-order valence-electron chi connectivity index (χ0n) is 9.69. The topological polar surface area (TPSA) is 64.8 Å². The maximum absolute atomic E-state index is 10.7. The number of hydrogen-bond acceptors (Lipinski definition) is 3. The highest BCUT2D eigenvalue weighted by Gasteiger charge is 2.20. The molecule has 1 aromatic rings. The molecule has 1 saturated heterocycles.